The van der Waals surface area contributed by atoms with Gasteiger partial charge in [0.05, 0.1) is 23.6 Å². The van der Waals surface area contributed by atoms with E-state index in [9.17, 15) is 20.0 Å². The molecule has 11 nitrogen and oxygen atoms in total. The molecule has 2 aromatic heterocycles. The molecular weight excluding hydrogens is 720 g/mol. The van der Waals surface area contributed by atoms with Crippen LogP contribution < -0.4 is 9.47 Å². The second-order valence-electron chi connectivity index (χ2n) is 14.4. The molecule has 2 fully saturated rings. The van der Waals surface area contributed by atoms with Gasteiger partial charge in [-0.3, -0.25) is 19.5 Å². The molecule has 5 aromatic rings. The molecular formula is C43H43ClN4O7. The zero-order valence-electron chi connectivity index (χ0n) is 30.9. The summed E-state index contributed by atoms with van der Waals surface area (Å²) in [7, 11) is 1.44. The van der Waals surface area contributed by atoms with Crippen LogP contribution in [0.25, 0.3) is 22.2 Å². The lowest BCUT2D eigenvalue weighted by molar-refractivity contribution is -0.147. The predicted octanol–water partition coefficient (Wildman–Crippen LogP) is 8.77. The number of nitrogens with zero attached hydrogens (tertiary/aromatic N) is 4. The standard InChI is InChI=1S/C43H43ClN4O7/c1-26-32(6-5-7-34(26)31-13-14-38-36(18-31)47-41(55-38)29-9-11-30(12-10-29)43(51)52-2)25-54-40-19-39(53-24-28-16-27(20-45)21-46-22-28)33(17-35(40)44)23-48-15-4-3-8-37(48)42(49)50/h5-7,13-14,16-19,21-22,29-30,37H,3-4,8-12,15,23-25H2,1-2H3,(H,49,50)/t29?,30?,37-/m0/s1. The van der Waals surface area contributed by atoms with E-state index in [1.165, 1.54) is 13.3 Å². The van der Waals surface area contributed by atoms with Gasteiger partial charge in [-0.15, -0.1) is 0 Å². The second kappa shape index (κ2) is 16.9. The third kappa shape index (κ3) is 8.61. The van der Waals surface area contributed by atoms with Crippen LogP contribution in [0.5, 0.6) is 11.5 Å². The van der Waals surface area contributed by atoms with Gasteiger partial charge in [-0.1, -0.05) is 42.3 Å². The molecule has 0 radical (unpaired) electrons. The van der Waals surface area contributed by atoms with Gasteiger partial charge in [0.15, 0.2) is 11.5 Å². The lowest BCUT2D eigenvalue weighted by Crippen LogP contribution is -2.44. The van der Waals surface area contributed by atoms with Crippen molar-refractivity contribution >= 4 is 34.6 Å². The van der Waals surface area contributed by atoms with Gasteiger partial charge in [-0.25, -0.2) is 4.98 Å². The Kier molecular flexibility index (Phi) is 11.6. The summed E-state index contributed by atoms with van der Waals surface area (Å²) in [6.45, 7) is 3.45. The number of likely N-dealkylation sites (tertiary alicyclic amines) is 1. The van der Waals surface area contributed by atoms with Crippen LogP contribution in [0, 0.1) is 24.2 Å². The minimum Gasteiger partial charge on any atom is -0.488 e. The van der Waals surface area contributed by atoms with E-state index in [1.54, 1.807) is 24.4 Å². The van der Waals surface area contributed by atoms with Crippen molar-refractivity contribution in [3.8, 4) is 28.7 Å². The third-order valence-corrected chi connectivity index (χ3v) is 11.2. The number of carbonyl (C=O) groups excluding carboxylic acids is 1. The zero-order chi connectivity index (χ0) is 38.5. The number of fused-ring (bicyclic) bond motifs is 1. The SMILES string of the molecule is COC(=O)C1CCC(c2nc3cc(-c4cccc(COc5cc(OCc6cncc(C#N)c6)c(CN6CCCC[C@H]6C(=O)O)cc5Cl)c4C)ccc3o2)CC1. The maximum atomic E-state index is 12.1. The highest BCUT2D eigenvalue weighted by Gasteiger charge is 2.31. The van der Waals surface area contributed by atoms with E-state index in [4.69, 9.17) is 35.2 Å². The highest BCUT2D eigenvalue weighted by Crippen LogP contribution is 2.39. The summed E-state index contributed by atoms with van der Waals surface area (Å²) in [6.07, 6.45) is 8.69. The van der Waals surface area contributed by atoms with E-state index in [2.05, 4.69) is 24.0 Å². The molecule has 1 aliphatic carbocycles. The molecule has 12 heteroatoms. The first kappa shape index (κ1) is 37.9. The minimum absolute atomic E-state index is 0.0581. The maximum absolute atomic E-state index is 12.1. The van der Waals surface area contributed by atoms with Crippen LogP contribution in [0.4, 0.5) is 0 Å². The summed E-state index contributed by atoms with van der Waals surface area (Å²) in [5, 5.41) is 19.6. The fourth-order valence-corrected chi connectivity index (χ4v) is 7.99. The Morgan fingerprint density at radius 3 is 2.58 bits per heavy atom. The number of halogens is 1. The number of carbonyl (C=O) groups is 2. The van der Waals surface area contributed by atoms with Crippen molar-refractivity contribution in [2.24, 2.45) is 5.92 Å². The fourth-order valence-electron chi connectivity index (χ4n) is 7.75. The van der Waals surface area contributed by atoms with E-state index >= 15 is 0 Å². The molecule has 3 aromatic carbocycles. The number of pyridine rings is 1. The second-order valence-corrected chi connectivity index (χ2v) is 14.8. The molecule has 3 heterocycles. The van der Waals surface area contributed by atoms with Gasteiger partial charge in [0, 0.05) is 42.0 Å². The van der Waals surface area contributed by atoms with Crippen LogP contribution in [0.1, 0.15) is 84.6 Å². The van der Waals surface area contributed by atoms with Crippen LogP contribution in [-0.4, -0.2) is 51.6 Å². The first-order valence-electron chi connectivity index (χ1n) is 18.7. The van der Waals surface area contributed by atoms with Crippen molar-refractivity contribution in [1.29, 1.82) is 5.26 Å². The van der Waals surface area contributed by atoms with Crippen molar-refractivity contribution < 1.29 is 33.3 Å². The predicted molar refractivity (Wildman–Crippen MR) is 206 cm³/mol. The summed E-state index contributed by atoms with van der Waals surface area (Å²) >= 11 is 6.85. The first-order valence-corrected chi connectivity index (χ1v) is 19.0. The van der Waals surface area contributed by atoms with E-state index < -0.39 is 12.0 Å². The summed E-state index contributed by atoms with van der Waals surface area (Å²) in [6, 6.07) is 18.9. The van der Waals surface area contributed by atoms with Crippen molar-refractivity contribution in [2.45, 2.75) is 83.6 Å². The van der Waals surface area contributed by atoms with E-state index in [1.807, 2.05) is 35.2 Å². The number of hydrogen-bond donors (Lipinski definition) is 1. The lowest BCUT2D eigenvalue weighted by atomic mass is 9.82. The topological polar surface area (TPSA) is 148 Å². The van der Waals surface area contributed by atoms with Crippen molar-refractivity contribution in [1.82, 2.24) is 14.9 Å². The van der Waals surface area contributed by atoms with Crippen LogP contribution in [0.2, 0.25) is 5.02 Å². The molecule has 284 valence electrons. The number of methoxy groups -OCH3 is 1. The summed E-state index contributed by atoms with van der Waals surface area (Å²) in [5.41, 5.74) is 7.48. The Morgan fingerprint density at radius 2 is 1.80 bits per heavy atom. The van der Waals surface area contributed by atoms with Gasteiger partial charge in [0.1, 0.15) is 42.3 Å². The van der Waals surface area contributed by atoms with Gasteiger partial charge >= 0.3 is 11.9 Å². The Morgan fingerprint density at radius 1 is 0.982 bits per heavy atom. The summed E-state index contributed by atoms with van der Waals surface area (Å²) in [4.78, 5) is 35.0. The van der Waals surface area contributed by atoms with Gasteiger partial charge < -0.3 is 23.7 Å². The largest absolute Gasteiger partial charge is 0.488 e. The quantitative estimate of drug-likeness (QED) is 0.122. The molecule has 0 unspecified atom stereocenters. The number of carboxylic acids is 1. The van der Waals surface area contributed by atoms with Gasteiger partial charge in [0.25, 0.3) is 0 Å². The number of esters is 1. The molecule has 1 atom stereocenters. The van der Waals surface area contributed by atoms with Crippen molar-refractivity contribution in [3.63, 3.8) is 0 Å². The summed E-state index contributed by atoms with van der Waals surface area (Å²) in [5.74, 6) is 0.786. The molecule has 1 saturated heterocycles. The normalized spacial score (nSPS) is 18.8. The average Bonchev–Trinajstić information content (AvgIpc) is 3.64. The number of hydrogen-bond acceptors (Lipinski definition) is 10. The molecule has 55 heavy (non-hydrogen) atoms. The van der Waals surface area contributed by atoms with Gasteiger partial charge in [-0.05, 0) is 98.5 Å². The monoisotopic (exact) mass is 762 g/mol. The van der Waals surface area contributed by atoms with E-state index in [0.29, 0.717) is 47.5 Å². The molecule has 0 bridgehead atoms. The molecule has 1 N–H and O–H groups in total. The number of benzene rings is 3. The summed E-state index contributed by atoms with van der Waals surface area (Å²) < 4.78 is 23.8. The number of aliphatic carboxylic acids is 1. The first-order chi connectivity index (χ1) is 26.7. The number of oxazole rings is 1. The molecule has 1 saturated carbocycles. The Bertz CT molecular complexity index is 2240. The number of nitriles is 1. The lowest BCUT2D eigenvalue weighted by Gasteiger charge is -2.33. The van der Waals surface area contributed by atoms with Crippen molar-refractivity contribution in [2.75, 3.05) is 13.7 Å². The minimum atomic E-state index is -0.841. The van der Waals surface area contributed by atoms with Crippen LogP contribution in [0.15, 0.2) is 71.4 Å². The fraction of sp³-hybridized carbons (Fsp3) is 0.372. The van der Waals surface area contributed by atoms with Crippen molar-refractivity contribution in [3.05, 3.63) is 106 Å². The Balaban J connectivity index is 1.10. The maximum Gasteiger partial charge on any atom is 0.320 e. The molecule has 0 spiro atoms. The van der Waals surface area contributed by atoms with Crippen LogP contribution in [0.3, 0.4) is 0 Å². The molecule has 0 amide bonds. The van der Waals surface area contributed by atoms with E-state index in [0.717, 1.165) is 83.0 Å². The zero-order valence-corrected chi connectivity index (χ0v) is 31.7. The number of aromatic nitrogens is 2. The molecule has 1 aliphatic heterocycles. The van der Waals surface area contributed by atoms with Crippen LogP contribution in [-0.2, 0) is 34.1 Å². The van der Waals surface area contributed by atoms with E-state index in [-0.39, 0.29) is 31.0 Å². The smallest absolute Gasteiger partial charge is 0.320 e. The van der Waals surface area contributed by atoms with Gasteiger partial charge in [-0.2, -0.15) is 5.26 Å². The Hall–Kier alpha value is -5.44. The molecule has 2 aliphatic rings. The Labute approximate surface area is 324 Å². The number of ether oxygens (including phenoxy) is 3. The highest BCUT2D eigenvalue weighted by atomic mass is 35.5. The number of carboxylic acid groups (broad SMARTS) is 1. The average molecular weight is 763 g/mol. The third-order valence-electron chi connectivity index (χ3n) is 10.9. The highest BCUT2D eigenvalue weighted by molar-refractivity contribution is 6.32. The molecule has 7 rings (SSSR count). The van der Waals surface area contributed by atoms with Crippen LogP contribution >= 0.6 is 11.6 Å². The number of piperidine rings is 1. The number of rotatable bonds is 12. The van der Waals surface area contributed by atoms with Gasteiger partial charge in [0.2, 0.25) is 0 Å².